The molecule has 5 heteroatoms. The molecule has 0 amide bonds. The molecule has 0 spiro atoms. The van der Waals surface area contributed by atoms with Gasteiger partial charge in [0.1, 0.15) is 0 Å². The molecule has 0 heterocycles. The topological polar surface area (TPSA) is 12.0 Å². The predicted octanol–water partition coefficient (Wildman–Crippen LogP) is 5.03. The van der Waals surface area contributed by atoms with Crippen LogP contribution in [0.3, 0.4) is 0 Å². The summed E-state index contributed by atoms with van der Waals surface area (Å²) in [4.78, 5) is 0. The van der Waals surface area contributed by atoms with Crippen LogP contribution in [0.15, 0.2) is 24.3 Å². The van der Waals surface area contributed by atoms with E-state index in [4.69, 9.17) is 0 Å². The van der Waals surface area contributed by atoms with E-state index in [1.54, 1.807) is 12.1 Å². The Hall–Kier alpha value is -0.680. The third kappa shape index (κ3) is 4.65. The van der Waals surface area contributed by atoms with Crippen LogP contribution in [0.4, 0.5) is 13.2 Å². The van der Waals surface area contributed by atoms with E-state index in [9.17, 15) is 13.2 Å². The molecule has 1 fully saturated rings. The minimum atomic E-state index is -4.29. The zero-order valence-electron chi connectivity index (χ0n) is 12.2. The fourth-order valence-electron chi connectivity index (χ4n) is 2.85. The Kier molecular flexibility index (Phi) is 5.99. The molecular formula is C16H22F3NS. The summed E-state index contributed by atoms with van der Waals surface area (Å²) in [6.45, 7) is 2.60. The minimum absolute atomic E-state index is 0.238. The van der Waals surface area contributed by atoms with Crippen LogP contribution in [-0.2, 0) is 6.18 Å². The molecule has 118 valence electrons. The van der Waals surface area contributed by atoms with E-state index in [0.29, 0.717) is 23.1 Å². The van der Waals surface area contributed by atoms with Gasteiger partial charge in [-0.15, -0.1) is 0 Å². The van der Waals surface area contributed by atoms with E-state index >= 15 is 0 Å². The van der Waals surface area contributed by atoms with E-state index < -0.39 is 11.7 Å². The van der Waals surface area contributed by atoms with Gasteiger partial charge in [0, 0.05) is 17.0 Å². The van der Waals surface area contributed by atoms with E-state index in [1.165, 1.54) is 37.8 Å². The van der Waals surface area contributed by atoms with Crippen molar-refractivity contribution < 1.29 is 13.2 Å². The van der Waals surface area contributed by atoms with Crippen LogP contribution in [0.25, 0.3) is 0 Å². The fourth-order valence-corrected chi connectivity index (χ4v) is 4.28. The third-order valence-electron chi connectivity index (χ3n) is 3.89. The highest BCUT2D eigenvalue weighted by molar-refractivity contribution is 7.99. The largest absolute Gasteiger partial charge is 0.416 e. The maximum atomic E-state index is 13.2. The maximum absolute atomic E-state index is 13.2. The first-order chi connectivity index (χ1) is 10.0. The average molecular weight is 317 g/mol. The van der Waals surface area contributed by atoms with Gasteiger partial charge >= 0.3 is 6.18 Å². The van der Waals surface area contributed by atoms with Gasteiger partial charge in [-0.2, -0.15) is 24.9 Å². The molecule has 2 rings (SSSR count). The number of benzene rings is 1. The Bertz CT molecular complexity index is 441. The zero-order chi connectivity index (χ0) is 15.3. The van der Waals surface area contributed by atoms with Gasteiger partial charge in [-0.05, 0) is 31.0 Å². The van der Waals surface area contributed by atoms with Crippen molar-refractivity contribution in [1.29, 1.82) is 0 Å². The average Bonchev–Trinajstić information content (AvgIpc) is 2.96. The van der Waals surface area contributed by atoms with E-state index in [1.807, 2.05) is 18.7 Å². The van der Waals surface area contributed by atoms with Gasteiger partial charge in [0.05, 0.1) is 5.56 Å². The summed E-state index contributed by atoms with van der Waals surface area (Å²) in [5.41, 5.74) is -0.139. The highest BCUT2D eigenvalue weighted by atomic mass is 32.2. The van der Waals surface area contributed by atoms with Gasteiger partial charge in [0.2, 0.25) is 0 Å². The summed E-state index contributed by atoms with van der Waals surface area (Å²) in [5, 5.41) is 3.83. The van der Waals surface area contributed by atoms with Crippen LogP contribution in [0.2, 0.25) is 0 Å². The summed E-state index contributed by atoms with van der Waals surface area (Å²) >= 11 is 1.82. The standard InChI is InChI=1S/C16H22F3NS/c1-2-20-15(11-21-12-7-3-4-8-12)13-9-5-6-10-14(13)16(17,18)19/h5-6,9-10,12,15,20H,2-4,7-8,11H2,1H3. The van der Waals surface area contributed by atoms with Gasteiger partial charge < -0.3 is 5.32 Å². The van der Waals surface area contributed by atoms with Gasteiger partial charge in [0.25, 0.3) is 0 Å². The lowest BCUT2D eigenvalue weighted by molar-refractivity contribution is -0.138. The lowest BCUT2D eigenvalue weighted by atomic mass is 10.0. The van der Waals surface area contributed by atoms with Crippen molar-refractivity contribution in [3.63, 3.8) is 0 Å². The van der Waals surface area contributed by atoms with Gasteiger partial charge in [-0.25, -0.2) is 0 Å². The van der Waals surface area contributed by atoms with Crippen LogP contribution >= 0.6 is 11.8 Å². The molecular weight excluding hydrogens is 295 g/mol. The number of rotatable bonds is 6. The van der Waals surface area contributed by atoms with Crippen LogP contribution < -0.4 is 5.32 Å². The number of nitrogens with one attached hydrogen (secondary N) is 1. The Labute approximate surface area is 128 Å². The van der Waals surface area contributed by atoms with Crippen molar-refractivity contribution in [2.45, 2.75) is 50.1 Å². The Balaban J connectivity index is 2.13. The zero-order valence-corrected chi connectivity index (χ0v) is 13.1. The first kappa shape index (κ1) is 16.7. The molecule has 0 bridgehead atoms. The number of thioether (sulfide) groups is 1. The number of hydrogen-bond donors (Lipinski definition) is 1. The van der Waals surface area contributed by atoms with Crippen molar-refractivity contribution >= 4 is 11.8 Å². The SMILES string of the molecule is CCNC(CSC1CCCC1)c1ccccc1C(F)(F)F. The first-order valence-corrected chi connectivity index (χ1v) is 8.58. The molecule has 0 aliphatic heterocycles. The quantitative estimate of drug-likeness (QED) is 0.789. The van der Waals surface area contributed by atoms with Gasteiger partial charge in [-0.1, -0.05) is 38.0 Å². The van der Waals surface area contributed by atoms with E-state index in [2.05, 4.69) is 5.32 Å². The summed E-state index contributed by atoms with van der Waals surface area (Å²) in [6.07, 6.45) is 0.614. The molecule has 1 atom stereocenters. The third-order valence-corrected chi connectivity index (χ3v) is 5.36. The summed E-state index contributed by atoms with van der Waals surface area (Å²) < 4.78 is 39.5. The second-order valence-corrected chi connectivity index (χ2v) is 6.77. The molecule has 1 aromatic rings. The molecule has 0 radical (unpaired) electrons. The highest BCUT2D eigenvalue weighted by Gasteiger charge is 2.35. The second-order valence-electron chi connectivity index (χ2n) is 5.44. The number of hydrogen-bond acceptors (Lipinski definition) is 2. The van der Waals surface area contributed by atoms with E-state index in [-0.39, 0.29) is 6.04 Å². The number of alkyl halides is 3. The van der Waals surface area contributed by atoms with Crippen molar-refractivity contribution in [2.75, 3.05) is 12.3 Å². The molecule has 1 nitrogen and oxygen atoms in total. The van der Waals surface area contributed by atoms with Crippen LogP contribution in [0.1, 0.15) is 49.8 Å². The van der Waals surface area contributed by atoms with Gasteiger partial charge in [-0.3, -0.25) is 0 Å². The van der Waals surface area contributed by atoms with Crippen molar-refractivity contribution in [2.24, 2.45) is 0 Å². The van der Waals surface area contributed by atoms with Crippen LogP contribution in [-0.4, -0.2) is 17.5 Å². The van der Waals surface area contributed by atoms with Crippen LogP contribution in [0, 0.1) is 0 Å². The van der Waals surface area contributed by atoms with Crippen LogP contribution in [0.5, 0.6) is 0 Å². The minimum Gasteiger partial charge on any atom is -0.309 e. The molecule has 1 aliphatic carbocycles. The van der Waals surface area contributed by atoms with Crippen molar-refractivity contribution in [3.05, 3.63) is 35.4 Å². The maximum Gasteiger partial charge on any atom is 0.416 e. The number of halogens is 3. The molecule has 1 unspecified atom stereocenters. The van der Waals surface area contributed by atoms with Crippen molar-refractivity contribution in [1.82, 2.24) is 5.32 Å². The molecule has 1 N–H and O–H groups in total. The lowest BCUT2D eigenvalue weighted by Gasteiger charge is -2.23. The monoisotopic (exact) mass is 317 g/mol. The fraction of sp³-hybridized carbons (Fsp3) is 0.625. The van der Waals surface area contributed by atoms with Crippen molar-refractivity contribution in [3.8, 4) is 0 Å². The summed E-state index contributed by atoms with van der Waals surface area (Å²) in [6, 6.07) is 5.69. The molecule has 1 aliphatic rings. The predicted molar refractivity (Wildman–Crippen MR) is 82.6 cm³/mol. The Morgan fingerprint density at radius 1 is 1.24 bits per heavy atom. The smallest absolute Gasteiger partial charge is 0.309 e. The highest BCUT2D eigenvalue weighted by Crippen LogP contribution is 2.37. The molecule has 0 aromatic heterocycles. The molecule has 21 heavy (non-hydrogen) atoms. The second kappa shape index (κ2) is 7.54. The van der Waals surface area contributed by atoms with E-state index in [0.717, 1.165) is 0 Å². The van der Waals surface area contributed by atoms with Gasteiger partial charge in [0.15, 0.2) is 0 Å². The normalized spacial score (nSPS) is 18.1. The summed E-state index contributed by atoms with van der Waals surface area (Å²) in [7, 11) is 0. The first-order valence-electron chi connectivity index (χ1n) is 7.53. The molecule has 0 saturated heterocycles. The molecule has 1 saturated carbocycles. The Morgan fingerprint density at radius 2 is 1.90 bits per heavy atom. The lowest BCUT2D eigenvalue weighted by Crippen LogP contribution is -2.26. The molecule has 1 aromatic carbocycles. The summed E-state index contributed by atoms with van der Waals surface area (Å²) in [5.74, 6) is 0.700. The Morgan fingerprint density at radius 3 is 2.52 bits per heavy atom.